The van der Waals surface area contributed by atoms with Crippen LogP contribution < -0.4 is 10.3 Å². The highest BCUT2D eigenvalue weighted by molar-refractivity contribution is 5.91. The van der Waals surface area contributed by atoms with E-state index in [1.165, 1.54) is 26.2 Å². The zero-order valence-corrected chi connectivity index (χ0v) is 25.4. The van der Waals surface area contributed by atoms with Gasteiger partial charge in [-0.25, -0.2) is 14.6 Å². The van der Waals surface area contributed by atoms with Crippen LogP contribution in [0.5, 0.6) is 5.75 Å². The Morgan fingerprint density at radius 3 is 2.57 bits per heavy atom. The maximum Gasteiger partial charge on any atom is 0.415 e. The summed E-state index contributed by atoms with van der Waals surface area (Å²) in [6.07, 6.45) is 6.12. The first-order chi connectivity index (χ1) is 21.2. The molecule has 1 aromatic carbocycles. The van der Waals surface area contributed by atoms with Crippen LogP contribution in [0, 0.1) is 0 Å². The Hall–Kier alpha value is -4.02. The van der Waals surface area contributed by atoms with Crippen molar-refractivity contribution in [3.8, 4) is 17.1 Å². The second-order valence-corrected chi connectivity index (χ2v) is 12.5. The summed E-state index contributed by atoms with van der Waals surface area (Å²) in [5.41, 5.74) is 1.98. The van der Waals surface area contributed by atoms with Crippen LogP contribution in [0.25, 0.3) is 22.3 Å². The van der Waals surface area contributed by atoms with Gasteiger partial charge in [-0.15, -0.1) is 0 Å². The van der Waals surface area contributed by atoms with Gasteiger partial charge in [0.05, 0.1) is 29.0 Å². The Morgan fingerprint density at radius 2 is 1.86 bits per heavy atom. The van der Waals surface area contributed by atoms with E-state index in [2.05, 4.69) is 11.5 Å². The largest absolute Gasteiger partial charge is 0.458 e. The topological polar surface area (TPSA) is 114 Å². The van der Waals surface area contributed by atoms with Crippen molar-refractivity contribution in [3.05, 3.63) is 69.0 Å². The number of hydrogen-bond acceptors (Lipinski definition) is 8. The molecule has 1 amide bonds. The third kappa shape index (κ3) is 4.45. The molecule has 4 aliphatic heterocycles. The Balaban J connectivity index is 1.17. The number of piperidine rings is 2. The molecule has 3 aromatic rings. The number of aliphatic hydroxyl groups is 1. The molecule has 0 unspecified atom stereocenters. The maximum absolute atomic E-state index is 13.7. The molecule has 10 nitrogen and oxygen atoms in total. The van der Waals surface area contributed by atoms with Crippen molar-refractivity contribution < 1.29 is 24.2 Å². The van der Waals surface area contributed by atoms with E-state index >= 15 is 0 Å². The molecule has 7 rings (SSSR count). The van der Waals surface area contributed by atoms with Crippen molar-refractivity contribution in [2.24, 2.45) is 0 Å². The van der Waals surface area contributed by atoms with Gasteiger partial charge in [-0.2, -0.15) is 0 Å². The van der Waals surface area contributed by atoms with Crippen LogP contribution in [-0.4, -0.2) is 68.7 Å². The van der Waals surface area contributed by atoms with E-state index in [-0.39, 0.29) is 35.0 Å². The van der Waals surface area contributed by atoms with Crippen molar-refractivity contribution in [3.63, 3.8) is 0 Å². The van der Waals surface area contributed by atoms with Gasteiger partial charge >= 0.3 is 12.1 Å². The van der Waals surface area contributed by atoms with Gasteiger partial charge in [-0.3, -0.25) is 4.79 Å². The molecule has 44 heavy (non-hydrogen) atoms. The number of ether oxygens (including phenoxy) is 2. The van der Waals surface area contributed by atoms with Crippen LogP contribution in [0.15, 0.2) is 41.2 Å². The van der Waals surface area contributed by atoms with Crippen molar-refractivity contribution in [1.82, 2.24) is 19.4 Å². The van der Waals surface area contributed by atoms with Gasteiger partial charge in [0.2, 0.25) is 5.60 Å². The normalized spacial score (nSPS) is 21.9. The lowest BCUT2D eigenvalue weighted by Crippen LogP contribution is -2.48. The fourth-order valence-electron chi connectivity index (χ4n) is 7.48. The summed E-state index contributed by atoms with van der Waals surface area (Å²) in [6, 6.07) is 7.68. The number of nitrogens with zero attached hydrogens (tertiary/aromatic N) is 4. The Kier molecular flexibility index (Phi) is 7.09. The fraction of sp³-hybridized carbons (Fsp3) is 0.471. The van der Waals surface area contributed by atoms with Crippen LogP contribution in [0.4, 0.5) is 4.79 Å². The standard InChI is InChI=1S/C34H38N4O6/c1-4-23-24-16-22(44-33(41)37-14-10-21(11-15-37)36-12-6-5-7-13-36)8-9-28(24)35-30-25(23)18-38-29(30)17-27-26(31(38)39)19-43-32(40)34(27,42)20(2)3/h8-9,16-17,21,42H,2,4-7,10-15,18-19H2,1,3H3/t34-/m0/s1. The SMILES string of the molecule is C=C(C)[C@@]1(O)C(=O)OCc2c1cc1n(c2=O)Cc2c-1nc1ccc(OC(=O)N3CCC(N4CCCCC4)CC3)cc1c2CC. The molecular formula is C34H38N4O6. The van der Waals surface area contributed by atoms with Gasteiger partial charge < -0.3 is 28.9 Å². The van der Waals surface area contributed by atoms with Crippen molar-refractivity contribution in [2.75, 3.05) is 26.2 Å². The Bertz CT molecular complexity index is 1770. The third-order valence-electron chi connectivity index (χ3n) is 9.97. The molecule has 1 N–H and O–H groups in total. The second kappa shape index (κ2) is 10.9. The Morgan fingerprint density at radius 1 is 1.11 bits per heavy atom. The van der Waals surface area contributed by atoms with Crippen molar-refractivity contribution in [1.29, 1.82) is 0 Å². The lowest BCUT2D eigenvalue weighted by molar-refractivity contribution is -0.167. The lowest BCUT2D eigenvalue weighted by atomic mass is 9.83. The molecule has 0 saturated carbocycles. The van der Waals surface area contributed by atoms with Gasteiger partial charge in [0.25, 0.3) is 5.56 Å². The van der Waals surface area contributed by atoms with E-state index in [0.717, 1.165) is 42.4 Å². The van der Waals surface area contributed by atoms with Crippen LogP contribution in [0.2, 0.25) is 0 Å². The van der Waals surface area contributed by atoms with Gasteiger partial charge in [-0.05, 0) is 87.5 Å². The molecule has 2 fully saturated rings. The highest BCUT2D eigenvalue weighted by Crippen LogP contribution is 2.41. The maximum atomic E-state index is 13.7. The van der Waals surface area contributed by atoms with E-state index in [4.69, 9.17) is 14.5 Å². The number of carbonyl (C=O) groups excluding carboxylic acids is 2. The average molecular weight is 599 g/mol. The number of carbonyl (C=O) groups is 2. The number of benzene rings is 1. The number of fused-ring (bicyclic) bond motifs is 5. The zero-order chi connectivity index (χ0) is 30.7. The summed E-state index contributed by atoms with van der Waals surface area (Å²) in [5, 5.41) is 12.2. The molecule has 2 aromatic heterocycles. The molecule has 6 heterocycles. The van der Waals surface area contributed by atoms with E-state index in [1.807, 2.05) is 19.1 Å². The van der Waals surface area contributed by atoms with E-state index in [1.54, 1.807) is 21.6 Å². The predicted molar refractivity (Wildman–Crippen MR) is 164 cm³/mol. The third-order valence-corrected chi connectivity index (χ3v) is 9.97. The van der Waals surface area contributed by atoms with E-state index < -0.39 is 11.6 Å². The minimum absolute atomic E-state index is 0.181. The highest BCUT2D eigenvalue weighted by Gasteiger charge is 2.47. The zero-order valence-electron chi connectivity index (χ0n) is 25.4. The molecule has 1 atom stereocenters. The summed E-state index contributed by atoms with van der Waals surface area (Å²) in [5.74, 6) is -0.378. The number of aryl methyl sites for hydroxylation is 1. The first-order valence-electron chi connectivity index (χ1n) is 15.7. The monoisotopic (exact) mass is 598 g/mol. The molecule has 4 aliphatic rings. The van der Waals surface area contributed by atoms with E-state index in [0.29, 0.717) is 54.8 Å². The second-order valence-electron chi connectivity index (χ2n) is 12.5. The summed E-state index contributed by atoms with van der Waals surface area (Å²) in [4.78, 5) is 48.8. The molecule has 0 radical (unpaired) electrons. The number of pyridine rings is 2. The first kappa shape index (κ1) is 28.7. The highest BCUT2D eigenvalue weighted by atomic mass is 16.6. The average Bonchev–Trinajstić information content (AvgIpc) is 3.40. The van der Waals surface area contributed by atoms with Gasteiger partial charge in [0.1, 0.15) is 12.4 Å². The number of hydrogen-bond donors (Lipinski definition) is 1. The molecule has 0 spiro atoms. The minimum atomic E-state index is -2.10. The van der Waals surface area contributed by atoms with Crippen LogP contribution >= 0.6 is 0 Å². The predicted octanol–water partition coefficient (Wildman–Crippen LogP) is 4.26. The van der Waals surface area contributed by atoms with E-state index in [9.17, 15) is 19.5 Å². The van der Waals surface area contributed by atoms with Gasteiger partial charge in [0, 0.05) is 35.6 Å². The molecule has 2 saturated heterocycles. The van der Waals surface area contributed by atoms with Crippen LogP contribution in [0.1, 0.15) is 68.2 Å². The summed E-state index contributed by atoms with van der Waals surface area (Å²) >= 11 is 0. The minimum Gasteiger partial charge on any atom is -0.458 e. The quantitative estimate of drug-likeness (QED) is 0.274. The van der Waals surface area contributed by atoms with Gasteiger partial charge in [-0.1, -0.05) is 19.9 Å². The first-order valence-corrected chi connectivity index (χ1v) is 15.7. The molecule has 0 bridgehead atoms. The lowest BCUT2D eigenvalue weighted by Gasteiger charge is -2.39. The van der Waals surface area contributed by atoms with Crippen LogP contribution in [-0.2, 0) is 34.7 Å². The number of aromatic nitrogens is 2. The molecule has 10 heteroatoms. The number of amides is 1. The van der Waals surface area contributed by atoms with Crippen molar-refractivity contribution in [2.45, 2.75) is 77.2 Å². The summed E-state index contributed by atoms with van der Waals surface area (Å²) < 4.78 is 12.7. The Labute approximate surface area is 255 Å². The summed E-state index contributed by atoms with van der Waals surface area (Å²) in [6.45, 7) is 11.2. The number of rotatable bonds is 4. The molecular weight excluding hydrogens is 560 g/mol. The molecule has 0 aliphatic carbocycles. The summed E-state index contributed by atoms with van der Waals surface area (Å²) in [7, 11) is 0. The van der Waals surface area contributed by atoms with Gasteiger partial charge in [0.15, 0.2) is 0 Å². The molecule has 230 valence electrons. The number of likely N-dealkylation sites (tertiary alicyclic amines) is 2. The number of esters is 1. The van der Waals surface area contributed by atoms with Crippen molar-refractivity contribution >= 4 is 23.0 Å². The number of cyclic esters (lactones) is 1. The van der Waals surface area contributed by atoms with Crippen LogP contribution in [0.3, 0.4) is 0 Å². The smallest absolute Gasteiger partial charge is 0.415 e. The fourth-order valence-corrected chi connectivity index (χ4v) is 7.48.